The van der Waals surface area contributed by atoms with Crippen molar-refractivity contribution >= 4 is 17.3 Å². The summed E-state index contributed by atoms with van der Waals surface area (Å²) in [7, 11) is 0. The molecule has 32 heavy (non-hydrogen) atoms. The van der Waals surface area contributed by atoms with E-state index in [1.54, 1.807) is 0 Å². The highest BCUT2D eigenvalue weighted by molar-refractivity contribution is 6.33. The van der Waals surface area contributed by atoms with Crippen molar-refractivity contribution < 1.29 is 0 Å². The molecule has 3 unspecified atom stereocenters. The van der Waals surface area contributed by atoms with Crippen molar-refractivity contribution in [3.63, 3.8) is 0 Å². The van der Waals surface area contributed by atoms with Crippen LogP contribution in [-0.4, -0.2) is 15.0 Å². The monoisotopic (exact) mass is 445 g/mol. The van der Waals surface area contributed by atoms with Gasteiger partial charge >= 0.3 is 0 Å². The van der Waals surface area contributed by atoms with E-state index >= 15 is 0 Å². The van der Waals surface area contributed by atoms with Gasteiger partial charge in [0, 0.05) is 31.1 Å². The number of aromatic nitrogens is 3. The first-order valence-electron chi connectivity index (χ1n) is 11.3. The molecule has 0 spiro atoms. The molecule has 2 aliphatic carbocycles. The number of aromatic amines is 1. The average Bonchev–Trinajstić information content (AvgIpc) is 3.37. The lowest BCUT2D eigenvalue weighted by Gasteiger charge is -2.44. The summed E-state index contributed by atoms with van der Waals surface area (Å²) >= 11 is 6.91. The lowest BCUT2D eigenvalue weighted by Crippen LogP contribution is -2.39. The van der Waals surface area contributed by atoms with E-state index in [9.17, 15) is 0 Å². The smallest absolute Gasteiger partial charge is 0.129 e. The Balaban J connectivity index is 1.69. The van der Waals surface area contributed by atoms with E-state index in [1.165, 1.54) is 5.56 Å². The molecular weight excluding hydrogens is 418 g/mol. The van der Waals surface area contributed by atoms with Crippen LogP contribution in [0.2, 0.25) is 5.02 Å². The number of anilines is 1. The number of nitrogens with zero attached hydrogens (tertiary/aromatic N) is 3. The van der Waals surface area contributed by atoms with Gasteiger partial charge in [-0.3, -0.25) is 4.98 Å². The third-order valence-electron chi connectivity index (χ3n) is 6.55. The molecule has 3 N–H and O–H groups in total. The fourth-order valence-corrected chi connectivity index (χ4v) is 5.37. The van der Waals surface area contributed by atoms with Gasteiger partial charge in [-0.05, 0) is 55.0 Å². The number of pyridine rings is 1. The Morgan fingerprint density at radius 3 is 2.88 bits per heavy atom. The molecule has 0 aliphatic heterocycles. The number of H-pyrrole nitrogens is 1. The standard InChI is InChI=1S/C26H28ClN5/c27-21-16-18(17-28)11-12-22(21)32(23-10-4-8-19-9-5-13-29-24(19)23)25(26-30-14-15-31-26)20-6-2-1-3-7-20/h1-3,5-6,9,11-16,20,23,25H,4,7-8,10,17,28H2,(H,30,31). The number of halogens is 1. The summed E-state index contributed by atoms with van der Waals surface area (Å²) in [5.41, 5.74) is 10.4. The molecule has 1 aromatic carbocycles. The number of allylic oxidation sites excluding steroid dienone is 3. The first-order chi connectivity index (χ1) is 15.8. The van der Waals surface area contributed by atoms with Crippen molar-refractivity contribution in [2.45, 2.75) is 44.3 Å². The van der Waals surface area contributed by atoms with Gasteiger partial charge in [-0.1, -0.05) is 48.0 Å². The molecule has 3 atom stereocenters. The van der Waals surface area contributed by atoms with Crippen LogP contribution >= 0.6 is 11.6 Å². The minimum atomic E-state index is -0.00890. The number of hydrogen-bond acceptors (Lipinski definition) is 4. The molecule has 0 radical (unpaired) electrons. The van der Waals surface area contributed by atoms with E-state index in [0.717, 1.165) is 48.5 Å². The van der Waals surface area contributed by atoms with Gasteiger partial charge in [0.1, 0.15) is 5.82 Å². The predicted octanol–water partition coefficient (Wildman–Crippen LogP) is 5.67. The molecule has 0 bridgehead atoms. The van der Waals surface area contributed by atoms with Gasteiger partial charge in [0.05, 0.1) is 28.5 Å². The van der Waals surface area contributed by atoms with Gasteiger partial charge in [0.25, 0.3) is 0 Å². The van der Waals surface area contributed by atoms with Crippen molar-refractivity contribution in [2.24, 2.45) is 11.7 Å². The van der Waals surface area contributed by atoms with E-state index < -0.39 is 0 Å². The molecule has 164 valence electrons. The van der Waals surface area contributed by atoms with Gasteiger partial charge in [0.15, 0.2) is 0 Å². The Kier molecular flexibility index (Phi) is 6.10. The van der Waals surface area contributed by atoms with Crippen LogP contribution < -0.4 is 10.6 Å². The SMILES string of the molecule is NCc1ccc(N(C2CCCc3cccnc32)C(c2ncc[nH]2)C2C=CC=CC2)c(Cl)c1. The van der Waals surface area contributed by atoms with Gasteiger partial charge in [-0.15, -0.1) is 0 Å². The zero-order valence-corrected chi connectivity index (χ0v) is 18.7. The number of nitrogens with two attached hydrogens (primary N) is 1. The van der Waals surface area contributed by atoms with Crippen molar-refractivity contribution in [2.75, 3.05) is 4.90 Å². The molecule has 5 rings (SSSR count). The zero-order chi connectivity index (χ0) is 21.9. The summed E-state index contributed by atoms with van der Waals surface area (Å²) in [6.45, 7) is 0.464. The maximum Gasteiger partial charge on any atom is 0.129 e. The number of hydrogen-bond donors (Lipinski definition) is 2. The van der Waals surface area contributed by atoms with Gasteiger partial charge in [0.2, 0.25) is 0 Å². The number of rotatable bonds is 6. The Bertz CT molecular complexity index is 1120. The van der Waals surface area contributed by atoms with Gasteiger partial charge < -0.3 is 15.6 Å². The maximum absolute atomic E-state index is 6.91. The summed E-state index contributed by atoms with van der Waals surface area (Å²) < 4.78 is 0. The van der Waals surface area contributed by atoms with Gasteiger partial charge in [-0.25, -0.2) is 4.98 Å². The maximum atomic E-state index is 6.91. The summed E-state index contributed by atoms with van der Waals surface area (Å²) in [6.07, 6.45) is 18.5. The number of benzene rings is 1. The second-order valence-corrected chi connectivity index (χ2v) is 8.89. The van der Waals surface area contributed by atoms with Crippen molar-refractivity contribution in [1.82, 2.24) is 15.0 Å². The van der Waals surface area contributed by atoms with E-state index in [1.807, 2.05) is 30.7 Å². The molecule has 3 aromatic rings. The Morgan fingerprint density at radius 2 is 2.12 bits per heavy atom. The molecule has 6 heteroatoms. The number of imidazole rings is 1. The lowest BCUT2D eigenvalue weighted by molar-refractivity contribution is 0.391. The van der Waals surface area contributed by atoms with E-state index in [2.05, 4.69) is 52.4 Å². The Morgan fingerprint density at radius 1 is 1.19 bits per heavy atom. The topological polar surface area (TPSA) is 70.8 Å². The largest absolute Gasteiger partial charge is 0.351 e. The van der Waals surface area contributed by atoms with Crippen LogP contribution in [0, 0.1) is 5.92 Å². The highest BCUT2D eigenvalue weighted by atomic mass is 35.5. The van der Waals surface area contributed by atoms with Crippen molar-refractivity contribution in [1.29, 1.82) is 0 Å². The highest BCUT2D eigenvalue weighted by Gasteiger charge is 2.38. The van der Waals surface area contributed by atoms with Gasteiger partial charge in [-0.2, -0.15) is 0 Å². The Hall–Kier alpha value is -2.89. The average molecular weight is 446 g/mol. The van der Waals surface area contributed by atoms with Crippen LogP contribution in [0.1, 0.15) is 54.0 Å². The molecule has 0 fully saturated rings. The zero-order valence-electron chi connectivity index (χ0n) is 18.0. The second kappa shape index (κ2) is 9.31. The van der Waals surface area contributed by atoms with Crippen molar-refractivity contribution in [3.05, 3.63) is 101 Å². The number of nitrogens with one attached hydrogen (secondary N) is 1. The van der Waals surface area contributed by atoms with Crippen LogP contribution in [0.5, 0.6) is 0 Å². The molecule has 0 saturated heterocycles. The molecule has 0 amide bonds. The molecule has 2 aliphatic rings. The quantitative estimate of drug-likeness (QED) is 0.512. The minimum absolute atomic E-state index is 0.00890. The number of fused-ring (bicyclic) bond motifs is 1. The third kappa shape index (κ3) is 3.98. The minimum Gasteiger partial charge on any atom is -0.351 e. The molecule has 2 aromatic heterocycles. The van der Waals surface area contributed by atoms with E-state index in [-0.39, 0.29) is 18.0 Å². The van der Waals surface area contributed by atoms with Crippen LogP contribution in [0.15, 0.2) is 73.2 Å². The molecule has 2 heterocycles. The molecular formula is C26H28ClN5. The normalized spacial score (nSPS) is 20.7. The van der Waals surface area contributed by atoms with Crippen LogP contribution in [0.3, 0.4) is 0 Å². The summed E-state index contributed by atoms with van der Waals surface area (Å²) in [6, 6.07) is 10.5. The second-order valence-electron chi connectivity index (χ2n) is 8.48. The van der Waals surface area contributed by atoms with Crippen LogP contribution in [0.4, 0.5) is 5.69 Å². The van der Waals surface area contributed by atoms with E-state index in [4.69, 9.17) is 27.3 Å². The predicted molar refractivity (Wildman–Crippen MR) is 129 cm³/mol. The highest BCUT2D eigenvalue weighted by Crippen LogP contribution is 2.46. The first-order valence-corrected chi connectivity index (χ1v) is 11.7. The Labute approximate surface area is 194 Å². The number of aryl methyl sites for hydroxylation is 1. The van der Waals surface area contributed by atoms with Crippen LogP contribution in [0.25, 0.3) is 0 Å². The van der Waals surface area contributed by atoms with Crippen molar-refractivity contribution in [3.8, 4) is 0 Å². The van der Waals surface area contributed by atoms with Crippen LogP contribution in [-0.2, 0) is 13.0 Å². The summed E-state index contributed by atoms with van der Waals surface area (Å²) in [5.74, 6) is 1.20. The molecule has 5 nitrogen and oxygen atoms in total. The fourth-order valence-electron chi connectivity index (χ4n) is 5.07. The lowest BCUT2D eigenvalue weighted by atomic mass is 9.85. The fraction of sp³-hybridized carbons (Fsp3) is 0.308. The third-order valence-corrected chi connectivity index (χ3v) is 6.85. The molecule has 0 saturated carbocycles. The summed E-state index contributed by atoms with van der Waals surface area (Å²) in [5, 5.41) is 0.711. The van der Waals surface area contributed by atoms with E-state index in [0.29, 0.717) is 11.6 Å². The summed E-state index contributed by atoms with van der Waals surface area (Å²) in [4.78, 5) is 15.4. The first kappa shape index (κ1) is 21.0.